The monoisotopic (exact) mass is 764 g/mol. The summed E-state index contributed by atoms with van der Waals surface area (Å²) in [4.78, 5) is 34.7. The maximum atomic E-state index is 12.5. The summed E-state index contributed by atoms with van der Waals surface area (Å²) in [5, 5.41) is 0. The Morgan fingerprint density at radius 1 is 0.585 bits per heavy atom. The molecular weight excluding hydrogens is 689 g/mol. The lowest BCUT2D eigenvalue weighted by molar-refractivity contribution is -0.161. The van der Waals surface area contributed by atoms with Gasteiger partial charge in [-0.2, -0.15) is 0 Å². The van der Waals surface area contributed by atoms with Crippen LogP contribution in [0.4, 0.5) is 0 Å². The molecule has 0 aliphatic carbocycles. The third-order valence-corrected chi connectivity index (χ3v) is 9.10. The fourth-order valence-corrected chi connectivity index (χ4v) is 5.89. The number of hydrogen-bond donors (Lipinski definition) is 2. The quantitative estimate of drug-likeness (QED) is 0.0274. The normalized spacial score (nSPS) is 14.1. The number of phosphoric acid groups is 1. The summed E-state index contributed by atoms with van der Waals surface area (Å²) in [6.45, 7) is 3.51. The van der Waals surface area contributed by atoms with E-state index in [-0.39, 0.29) is 32.6 Å². The molecule has 10 heteroatoms. The van der Waals surface area contributed by atoms with Gasteiger partial charge in [-0.15, -0.1) is 0 Å². The third-order valence-electron chi connectivity index (χ3n) is 8.12. The standard InChI is InChI=1S/C43H74NO8P/c1-3-5-7-9-11-13-15-17-18-19-20-21-22-24-25-27-29-31-33-35-42(45)49-39-41(40-51-53(47,48)50-38-37-44)52-43(46)36-34-32-30-28-26-23-16-14-12-10-8-6-4-2/h5,7,11,13,17-18,20-21,24-25,29,31,41H,3-4,6,8-10,12,14-16,19,22-23,26-28,30,32-40,44H2,1-2H3,(H,47,48)/b7-5+,13-11+,18-17+,21-20+,25-24+,31-29+/t41-/m0/s1. The molecule has 2 atom stereocenters. The molecule has 0 aromatic rings. The molecule has 0 amide bonds. The SMILES string of the molecule is CC/C=C/C/C=C/C/C=C/C/C=C/C/C=C/C/C=C/CCC(=O)OC[C@@H](COP(=O)(O)OCCN)OC(=O)CCCCCCCCCCCCCCC. The van der Waals surface area contributed by atoms with E-state index in [1.54, 1.807) is 0 Å². The van der Waals surface area contributed by atoms with Crippen LogP contribution in [0.1, 0.15) is 155 Å². The minimum Gasteiger partial charge on any atom is -0.462 e. The van der Waals surface area contributed by atoms with Crippen LogP contribution < -0.4 is 5.73 Å². The first-order chi connectivity index (χ1) is 25.8. The van der Waals surface area contributed by atoms with Crippen molar-refractivity contribution in [2.75, 3.05) is 26.4 Å². The van der Waals surface area contributed by atoms with Gasteiger partial charge < -0.3 is 20.1 Å². The van der Waals surface area contributed by atoms with Crippen molar-refractivity contribution in [3.05, 3.63) is 72.9 Å². The van der Waals surface area contributed by atoms with Gasteiger partial charge in [0.25, 0.3) is 0 Å². The van der Waals surface area contributed by atoms with Gasteiger partial charge in [-0.3, -0.25) is 18.6 Å². The van der Waals surface area contributed by atoms with E-state index in [1.165, 1.54) is 57.8 Å². The topological polar surface area (TPSA) is 134 Å². The van der Waals surface area contributed by atoms with Gasteiger partial charge in [0.15, 0.2) is 6.10 Å². The maximum absolute atomic E-state index is 12.5. The van der Waals surface area contributed by atoms with E-state index in [0.29, 0.717) is 12.8 Å². The summed E-state index contributed by atoms with van der Waals surface area (Å²) in [5.74, 6) is -0.931. The number of carbonyl (C=O) groups excluding carboxylic acids is 2. The first-order valence-corrected chi connectivity index (χ1v) is 21.9. The molecule has 53 heavy (non-hydrogen) atoms. The molecule has 0 aromatic heterocycles. The number of nitrogens with two attached hydrogens (primary N) is 1. The zero-order valence-corrected chi connectivity index (χ0v) is 34.1. The van der Waals surface area contributed by atoms with Gasteiger partial charge in [-0.05, 0) is 51.4 Å². The highest BCUT2D eigenvalue weighted by molar-refractivity contribution is 7.47. The molecule has 0 spiro atoms. The second-order valence-corrected chi connectivity index (χ2v) is 14.6. The van der Waals surface area contributed by atoms with E-state index in [2.05, 4.69) is 74.6 Å². The predicted octanol–water partition coefficient (Wildman–Crippen LogP) is 11.5. The molecule has 0 aliphatic rings. The van der Waals surface area contributed by atoms with Crippen molar-refractivity contribution in [3.63, 3.8) is 0 Å². The maximum Gasteiger partial charge on any atom is 0.472 e. The highest BCUT2D eigenvalue weighted by atomic mass is 31.2. The minimum absolute atomic E-state index is 0.0415. The fraction of sp³-hybridized carbons (Fsp3) is 0.674. The first kappa shape index (κ1) is 50.5. The van der Waals surface area contributed by atoms with Gasteiger partial charge in [0.2, 0.25) is 0 Å². The van der Waals surface area contributed by atoms with E-state index < -0.39 is 32.5 Å². The molecule has 3 N–H and O–H groups in total. The zero-order chi connectivity index (χ0) is 38.9. The molecule has 0 radical (unpaired) electrons. The van der Waals surface area contributed by atoms with Crippen molar-refractivity contribution < 1.29 is 37.6 Å². The Hall–Kier alpha value is -2.55. The zero-order valence-electron chi connectivity index (χ0n) is 33.2. The molecular formula is C43H74NO8P. The number of carbonyl (C=O) groups is 2. The molecule has 0 heterocycles. The summed E-state index contributed by atoms with van der Waals surface area (Å²) < 4.78 is 32.6. The van der Waals surface area contributed by atoms with Crippen LogP contribution in [0.3, 0.4) is 0 Å². The molecule has 0 saturated carbocycles. The minimum atomic E-state index is -4.39. The van der Waals surface area contributed by atoms with Crippen LogP contribution >= 0.6 is 7.82 Å². The second kappa shape index (κ2) is 39.2. The van der Waals surface area contributed by atoms with Gasteiger partial charge in [0.05, 0.1) is 13.2 Å². The van der Waals surface area contributed by atoms with E-state index in [9.17, 15) is 19.0 Å². The Kier molecular flexibility index (Phi) is 37.3. The van der Waals surface area contributed by atoms with Crippen molar-refractivity contribution in [1.29, 1.82) is 0 Å². The number of ether oxygens (including phenoxy) is 2. The summed E-state index contributed by atoms with van der Waals surface area (Å²) >= 11 is 0. The molecule has 0 aromatic carbocycles. The largest absolute Gasteiger partial charge is 0.472 e. The smallest absolute Gasteiger partial charge is 0.462 e. The van der Waals surface area contributed by atoms with E-state index >= 15 is 0 Å². The molecule has 0 rings (SSSR count). The summed E-state index contributed by atoms with van der Waals surface area (Å²) in [7, 11) is -4.39. The molecule has 0 bridgehead atoms. The van der Waals surface area contributed by atoms with Crippen molar-refractivity contribution in [3.8, 4) is 0 Å². The number of rotatable bonds is 37. The van der Waals surface area contributed by atoms with Gasteiger partial charge in [-0.25, -0.2) is 4.57 Å². The molecule has 304 valence electrons. The molecule has 0 aliphatic heterocycles. The number of esters is 2. The van der Waals surface area contributed by atoms with Crippen LogP contribution in [0.5, 0.6) is 0 Å². The van der Waals surface area contributed by atoms with Crippen LogP contribution in [0.25, 0.3) is 0 Å². The Balaban J connectivity index is 4.32. The lowest BCUT2D eigenvalue weighted by Crippen LogP contribution is -2.29. The van der Waals surface area contributed by atoms with Crippen molar-refractivity contribution in [2.24, 2.45) is 5.73 Å². The summed E-state index contributed by atoms with van der Waals surface area (Å²) in [6.07, 6.45) is 46.6. The molecule has 1 unspecified atom stereocenters. The van der Waals surface area contributed by atoms with E-state index in [1.807, 2.05) is 12.2 Å². The Labute approximate surface area is 322 Å². The Morgan fingerprint density at radius 3 is 1.51 bits per heavy atom. The van der Waals surface area contributed by atoms with Crippen molar-refractivity contribution in [2.45, 2.75) is 161 Å². The molecule has 9 nitrogen and oxygen atoms in total. The van der Waals surface area contributed by atoms with Crippen molar-refractivity contribution in [1.82, 2.24) is 0 Å². The fourth-order valence-electron chi connectivity index (χ4n) is 5.13. The average molecular weight is 764 g/mol. The molecule has 0 fully saturated rings. The lowest BCUT2D eigenvalue weighted by Gasteiger charge is -2.19. The Bertz CT molecular complexity index is 1100. The van der Waals surface area contributed by atoms with Gasteiger partial charge >= 0.3 is 19.8 Å². The highest BCUT2D eigenvalue weighted by Crippen LogP contribution is 2.43. The average Bonchev–Trinajstić information content (AvgIpc) is 3.14. The number of phosphoric ester groups is 1. The van der Waals surface area contributed by atoms with Crippen LogP contribution in [0.15, 0.2) is 72.9 Å². The third kappa shape index (κ3) is 39.0. The second-order valence-electron chi connectivity index (χ2n) is 13.1. The van der Waals surface area contributed by atoms with Gasteiger partial charge in [0.1, 0.15) is 6.61 Å². The van der Waals surface area contributed by atoms with E-state index in [0.717, 1.165) is 57.8 Å². The van der Waals surface area contributed by atoms with Crippen LogP contribution in [-0.2, 0) is 32.7 Å². The van der Waals surface area contributed by atoms with E-state index in [4.69, 9.17) is 24.3 Å². The lowest BCUT2D eigenvalue weighted by atomic mass is 10.0. The van der Waals surface area contributed by atoms with Crippen LogP contribution in [-0.4, -0.2) is 49.3 Å². The Morgan fingerprint density at radius 2 is 1.04 bits per heavy atom. The summed E-state index contributed by atoms with van der Waals surface area (Å²) in [6, 6.07) is 0. The van der Waals surface area contributed by atoms with Crippen molar-refractivity contribution >= 4 is 19.8 Å². The number of unbranched alkanes of at least 4 members (excludes halogenated alkanes) is 12. The van der Waals surface area contributed by atoms with Crippen LogP contribution in [0.2, 0.25) is 0 Å². The van der Waals surface area contributed by atoms with Gasteiger partial charge in [0, 0.05) is 19.4 Å². The summed E-state index contributed by atoms with van der Waals surface area (Å²) in [5.41, 5.74) is 5.33. The predicted molar refractivity (Wildman–Crippen MR) is 219 cm³/mol. The van der Waals surface area contributed by atoms with Crippen LogP contribution in [0, 0.1) is 0 Å². The molecule has 0 saturated heterocycles. The number of allylic oxidation sites excluding steroid dienone is 12. The van der Waals surface area contributed by atoms with Gasteiger partial charge in [-0.1, -0.05) is 164 Å². The highest BCUT2D eigenvalue weighted by Gasteiger charge is 2.25. The number of hydrogen-bond acceptors (Lipinski definition) is 8. The first-order valence-electron chi connectivity index (χ1n) is 20.4.